The number of para-hydroxylation sites is 1. The van der Waals surface area contributed by atoms with Crippen LogP contribution in [0.5, 0.6) is 11.5 Å². The predicted molar refractivity (Wildman–Crippen MR) is 137 cm³/mol. The molecule has 10 heteroatoms. The number of rotatable bonds is 7. The second-order valence-electron chi connectivity index (χ2n) is 8.27. The Kier molecular flexibility index (Phi) is 7.80. The summed E-state index contributed by atoms with van der Waals surface area (Å²) in [5, 5.41) is 0. The van der Waals surface area contributed by atoms with Crippen LogP contribution in [0.15, 0.2) is 77.7 Å². The van der Waals surface area contributed by atoms with Crippen LogP contribution in [0, 0.1) is 0 Å². The molecule has 4 rings (SSSR count). The quantitative estimate of drug-likeness (QED) is 0.436. The molecule has 0 N–H and O–H groups in total. The summed E-state index contributed by atoms with van der Waals surface area (Å²) in [5.41, 5.74) is 1.46. The van der Waals surface area contributed by atoms with Crippen LogP contribution in [-0.2, 0) is 26.1 Å². The number of amides is 1. The summed E-state index contributed by atoms with van der Waals surface area (Å²) in [7, 11) is -1.48. The van der Waals surface area contributed by atoms with Crippen LogP contribution in [0.2, 0.25) is 0 Å². The fraction of sp³-hybridized carbons (Fsp3) is 0.259. The molecule has 0 spiro atoms. The van der Waals surface area contributed by atoms with E-state index in [2.05, 4.69) is 0 Å². The molecule has 37 heavy (non-hydrogen) atoms. The van der Waals surface area contributed by atoms with E-state index in [1.54, 1.807) is 48.5 Å². The molecule has 0 saturated carbocycles. The van der Waals surface area contributed by atoms with Crippen LogP contribution < -0.4 is 14.4 Å². The number of hydrogen-bond acceptors (Lipinski definition) is 7. The number of sulfonamides is 1. The molecule has 0 saturated heterocycles. The third kappa shape index (κ3) is 5.30. The lowest BCUT2D eigenvalue weighted by atomic mass is 10.1. The van der Waals surface area contributed by atoms with E-state index in [0.717, 1.165) is 4.31 Å². The maximum atomic E-state index is 13.8. The van der Waals surface area contributed by atoms with Crippen LogP contribution in [0.25, 0.3) is 0 Å². The number of methoxy groups -OCH3 is 2. The van der Waals surface area contributed by atoms with Crippen molar-refractivity contribution in [3.63, 3.8) is 0 Å². The van der Waals surface area contributed by atoms with Crippen LogP contribution in [0.4, 0.5) is 5.69 Å². The fourth-order valence-electron chi connectivity index (χ4n) is 4.22. The van der Waals surface area contributed by atoms with Crippen LogP contribution in [-0.4, -0.2) is 58.0 Å². The van der Waals surface area contributed by atoms with Gasteiger partial charge in [0.05, 0.1) is 32.3 Å². The Balaban J connectivity index is 1.78. The molecule has 1 atom stereocenters. The SMILES string of the molecule is CCOc1ccc(C(=O)N2CC(C(=O)OC)N(S(=O)(=O)c3ccc(OC)cc3)Cc3ccccc32)cc1. The molecule has 1 unspecified atom stereocenters. The summed E-state index contributed by atoms with van der Waals surface area (Å²) in [4.78, 5) is 28.1. The van der Waals surface area contributed by atoms with Crippen molar-refractivity contribution in [3.8, 4) is 11.5 Å². The van der Waals surface area contributed by atoms with Crippen molar-refractivity contribution >= 4 is 27.6 Å². The summed E-state index contributed by atoms with van der Waals surface area (Å²) in [6.07, 6.45) is 0. The van der Waals surface area contributed by atoms with Crippen molar-refractivity contribution in [1.29, 1.82) is 0 Å². The topological polar surface area (TPSA) is 102 Å². The number of carbonyl (C=O) groups is 2. The van der Waals surface area contributed by atoms with Crippen LogP contribution in [0.3, 0.4) is 0 Å². The summed E-state index contributed by atoms with van der Waals surface area (Å²) < 4.78 is 44.3. The summed E-state index contributed by atoms with van der Waals surface area (Å²) >= 11 is 0. The van der Waals surface area contributed by atoms with Gasteiger partial charge in [-0.25, -0.2) is 8.42 Å². The third-order valence-corrected chi connectivity index (χ3v) is 7.98. The Morgan fingerprint density at radius 1 is 0.919 bits per heavy atom. The predicted octanol–water partition coefficient (Wildman–Crippen LogP) is 3.49. The van der Waals surface area contributed by atoms with Gasteiger partial charge in [0.1, 0.15) is 17.5 Å². The maximum Gasteiger partial charge on any atom is 0.326 e. The normalized spacial score (nSPS) is 15.9. The lowest BCUT2D eigenvalue weighted by Crippen LogP contribution is -2.50. The molecule has 194 valence electrons. The highest BCUT2D eigenvalue weighted by atomic mass is 32.2. The first-order chi connectivity index (χ1) is 17.8. The molecule has 1 aliphatic heterocycles. The number of benzene rings is 3. The van der Waals surface area contributed by atoms with E-state index in [9.17, 15) is 18.0 Å². The van der Waals surface area contributed by atoms with Gasteiger partial charge in [-0.2, -0.15) is 4.31 Å². The van der Waals surface area contributed by atoms with E-state index in [4.69, 9.17) is 14.2 Å². The molecule has 9 nitrogen and oxygen atoms in total. The van der Waals surface area contributed by atoms with Crippen molar-refractivity contribution < 1.29 is 32.2 Å². The standard InChI is InChI=1S/C27H28N2O7S/c1-4-36-22-11-9-19(10-12-22)26(30)28-18-25(27(31)35-3)29(17-20-7-5-6-8-24(20)28)37(32,33)23-15-13-21(34-2)14-16-23/h5-16,25H,4,17-18H2,1-3H3. The second-order valence-corrected chi connectivity index (χ2v) is 10.2. The highest BCUT2D eigenvalue weighted by molar-refractivity contribution is 7.89. The smallest absolute Gasteiger partial charge is 0.326 e. The molecular formula is C27H28N2O7S. The van der Waals surface area contributed by atoms with Gasteiger partial charge >= 0.3 is 5.97 Å². The van der Waals surface area contributed by atoms with E-state index in [1.807, 2.05) is 6.92 Å². The van der Waals surface area contributed by atoms with Gasteiger partial charge in [-0.1, -0.05) is 18.2 Å². The Labute approximate surface area is 216 Å². The van der Waals surface area contributed by atoms with Crippen molar-refractivity contribution in [2.45, 2.75) is 24.4 Å². The minimum absolute atomic E-state index is 0.00836. The molecule has 0 aliphatic carbocycles. The average Bonchev–Trinajstić information content (AvgIpc) is 3.11. The first-order valence-corrected chi connectivity index (χ1v) is 13.1. The molecule has 0 aromatic heterocycles. The molecule has 0 radical (unpaired) electrons. The fourth-order valence-corrected chi connectivity index (χ4v) is 5.77. The average molecular weight is 525 g/mol. The van der Waals surface area contributed by atoms with Gasteiger partial charge in [0.25, 0.3) is 5.91 Å². The van der Waals surface area contributed by atoms with Crippen molar-refractivity contribution in [3.05, 3.63) is 83.9 Å². The van der Waals surface area contributed by atoms with Gasteiger partial charge in [-0.05, 0) is 67.1 Å². The molecule has 0 bridgehead atoms. The third-order valence-electron chi connectivity index (χ3n) is 6.11. The van der Waals surface area contributed by atoms with Gasteiger partial charge in [0.2, 0.25) is 10.0 Å². The van der Waals surface area contributed by atoms with E-state index in [1.165, 1.54) is 43.4 Å². The molecular weight excluding hydrogens is 496 g/mol. The van der Waals surface area contributed by atoms with Gasteiger partial charge in [0, 0.05) is 17.8 Å². The highest BCUT2D eigenvalue weighted by Gasteiger charge is 2.42. The Bertz CT molecular complexity index is 1370. The van der Waals surface area contributed by atoms with Crippen molar-refractivity contribution in [1.82, 2.24) is 4.31 Å². The maximum absolute atomic E-state index is 13.8. The number of anilines is 1. The minimum atomic E-state index is -4.16. The monoisotopic (exact) mass is 524 g/mol. The number of carbonyl (C=O) groups excluding carboxylic acids is 2. The lowest BCUT2D eigenvalue weighted by Gasteiger charge is -2.29. The molecule has 1 aliphatic rings. The Morgan fingerprint density at radius 3 is 2.19 bits per heavy atom. The molecule has 1 heterocycles. The number of fused-ring (bicyclic) bond motifs is 1. The van der Waals surface area contributed by atoms with Crippen LogP contribution in [0.1, 0.15) is 22.8 Å². The summed E-state index contributed by atoms with van der Waals surface area (Å²) in [6, 6.07) is 18.3. The van der Waals surface area contributed by atoms with Gasteiger partial charge in [0.15, 0.2) is 0 Å². The zero-order chi connectivity index (χ0) is 26.6. The summed E-state index contributed by atoms with van der Waals surface area (Å²) in [5.74, 6) is -0.0289. The second kappa shape index (κ2) is 11.0. The first-order valence-electron chi connectivity index (χ1n) is 11.7. The van der Waals surface area contributed by atoms with E-state index < -0.39 is 22.0 Å². The van der Waals surface area contributed by atoms with Crippen molar-refractivity contribution in [2.75, 3.05) is 32.3 Å². The molecule has 3 aromatic rings. The Morgan fingerprint density at radius 2 is 1.57 bits per heavy atom. The van der Waals surface area contributed by atoms with Gasteiger partial charge in [-0.15, -0.1) is 0 Å². The number of ether oxygens (including phenoxy) is 3. The van der Waals surface area contributed by atoms with Gasteiger partial charge < -0.3 is 19.1 Å². The Hall–Kier alpha value is -3.89. The number of nitrogens with zero attached hydrogens (tertiary/aromatic N) is 2. The lowest BCUT2D eigenvalue weighted by molar-refractivity contribution is -0.144. The first kappa shape index (κ1) is 26.2. The van der Waals surface area contributed by atoms with E-state index in [0.29, 0.717) is 34.9 Å². The van der Waals surface area contributed by atoms with E-state index >= 15 is 0 Å². The summed E-state index contributed by atoms with van der Waals surface area (Å²) in [6.45, 7) is 2.00. The zero-order valence-corrected chi connectivity index (χ0v) is 21.6. The number of hydrogen-bond donors (Lipinski definition) is 0. The van der Waals surface area contributed by atoms with Gasteiger partial charge in [-0.3, -0.25) is 9.59 Å². The number of esters is 1. The molecule has 1 amide bonds. The molecule has 3 aromatic carbocycles. The van der Waals surface area contributed by atoms with E-state index in [-0.39, 0.29) is 23.9 Å². The van der Waals surface area contributed by atoms with Crippen LogP contribution >= 0.6 is 0 Å². The highest BCUT2D eigenvalue weighted by Crippen LogP contribution is 2.33. The molecule has 0 fully saturated rings. The largest absolute Gasteiger partial charge is 0.497 e. The zero-order valence-electron chi connectivity index (χ0n) is 20.8. The minimum Gasteiger partial charge on any atom is -0.497 e. The van der Waals surface area contributed by atoms with Crippen molar-refractivity contribution in [2.24, 2.45) is 0 Å².